The minimum Gasteiger partial charge on any atom is -0.324 e. The van der Waals surface area contributed by atoms with Crippen LogP contribution in [-0.2, 0) is 11.0 Å². The van der Waals surface area contributed by atoms with Crippen molar-refractivity contribution in [1.82, 2.24) is 0 Å². The molecule has 0 unspecified atom stereocenters. The van der Waals surface area contributed by atoms with Crippen molar-refractivity contribution in [1.29, 1.82) is 0 Å². The molecule has 0 bridgehead atoms. The molecule has 0 aliphatic rings. The highest BCUT2D eigenvalue weighted by Crippen LogP contribution is 2.33. The van der Waals surface area contributed by atoms with Gasteiger partial charge in [-0.25, -0.2) is 4.39 Å². The van der Waals surface area contributed by atoms with Crippen LogP contribution in [0.15, 0.2) is 47.4 Å². The molecule has 1 amide bonds. The maximum Gasteiger partial charge on any atom is 0.416 e. The predicted molar refractivity (Wildman–Crippen MR) is 82.2 cm³/mol. The molecule has 0 aliphatic carbocycles. The molecule has 1 N–H and O–H groups in total. The molecule has 0 spiro atoms. The highest BCUT2D eigenvalue weighted by molar-refractivity contribution is 8.00. The smallest absolute Gasteiger partial charge is 0.324 e. The van der Waals surface area contributed by atoms with Gasteiger partial charge in [-0.1, -0.05) is 11.6 Å². The molecule has 0 radical (unpaired) electrons. The van der Waals surface area contributed by atoms with Crippen molar-refractivity contribution in [3.05, 3.63) is 58.9 Å². The Morgan fingerprint density at radius 1 is 1.13 bits per heavy atom. The number of alkyl halides is 3. The lowest BCUT2D eigenvalue weighted by atomic mass is 10.2. The van der Waals surface area contributed by atoms with Crippen molar-refractivity contribution in [3.63, 3.8) is 0 Å². The third-order valence-corrected chi connectivity index (χ3v) is 4.09. The highest BCUT2D eigenvalue weighted by atomic mass is 35.5. The van der Waals surface area contributed by atoms with Crippen LogP contribution in [0, 0.1) is 5.82 Å². The van der Waals surface area contributed by atoms with E-state index in [0.29, 0.717) is 4.90 Å². The van der Waals surface area contributed by atoms with E-state index in [4.69, 9.17) is 11.6 Å². The molecule has 0 aliphatic heterocycles. The quantitative estimate of drug-likeness (QED) is 0.595. The van der Waals surface area contributed by atoms with E-state index in [2.05, 4.69) is 5.32 Å². The number of rotatable bonds is 4. The molecule has 2 aromatic rings. The molecule has 0 fully saturated rings. The van der Waals surface area contributed by atoms with Gasteiger partial charge in [-0.15, -0.1) is 11.8 Å². The average molecular weight is 364 g/mol. The van der Waals surface area contributed by atoms with Gasteiger partial charge in [0.1, 0.15) is 5.82 Å². The summed E-state index contributed by atoms with van der Waals surface area (Å²) in [6, 6.07) is 8.21. The van der Waals surface area contributed by atoms with Crippen LogP contribution in [-0.4, -0.2) is 11.7 Å². The molecule has 2 rings (SSSR count). The fourth-order valence-corrected chi connectivity index (χ4v) is 2.53. The fraction of sp³-hybridized carbons (Fsp3) is 0.133. The van der Waals surface area contributed by atoms with Crippen LogP contribution in [0.4, 0.5) is 23.2 Å². The van der Waals surface area contributed by atoms with Gasteiger partial charge >= 0.3 is 6.18 Å². The zero-order chi connectivity index (χ0) is 17.0. The van der Waals surface area contributed by atoms with Crippen molar-refractivity contribution < 1.29 is 22.4 Å². The Morgan fingerprint density at radius 2 is 1.78 bits per heavy atom. The molecule has 0 aromatic heterocycles. The van der Waals surface area contributed by atoms with E-state index >= 15 is 0 Å². The molecule has 23 heavy (non-hydrogen) atoms. The summed E-state index contributed by atoms with van der Waals surface area (Å²) in [4.78, 5) is 12.5. The van der Waals surface area contributed by atoms with Gasteiger partial charge in [-0.3, -0.25) is 4.79 Å². The molecule has 0 heterocycles. The number of thioether (sulfide) groups is 1. The predicted octanol–water partition coefficient (Wildman–Crippen LogP) is 5.23. The fourth-order valence-electron chi connectivity index (χ4n) is 1.66. The van der Waals surface area contributed by atoms with E-state index in [1.807, 2.05) is 0 Å². The van der Waals surface area contributed by atoms with Crippen LogP contribution in [0.3, 0.4) is 0 Å². The first-order chi connectivity index (χ1) is 10.8. The summed E-state index contributed by atoms with van der Waals surface area (Å²) in [5.41, 5.74) is -1.01. The Balaban J connectivity index is 2.01. The summed E-state index contributed by atoms with van der Waals surface area (Å²) >= 11 is 6.92. The number of halogens is 5. The van der Waals surface area contributed by atoms with E-state index in [9.17, 15) is 22.4 Å². The van der Waals surface area contributed by atoms with Gasteiger partial charge in [0.25, 0.3) is 0 Å². The SMILES string of the molecule is O=C(CSc1ccc(F)cc1)Nc1cc(C(F)(F)F)ccc1Cl. The monoisotopic (exact) mass is 363 g/mol. The molecule has 0 atom stereocenters. The lowest BCUT2D eigenvalue weighted by Gasteiger charge is -2.11. The molecular weight excluding hydrogens is 354 g/mol. The van der Waals surface area contributed by atoms with Crippen LogP contribution >= 0.6 is 23.4 Å². The summed E-state index contributed by atoms with van der Waals surface area (Å²) < 4.78 is 50.7. The zero-order valence-corrected chi connectivity index (χ0v) is 13.0. The van der Waals surface area contributed by atoms with Gasteiger partial charge < -0.3 is 5.32 Å². The average Bonchev–Trinajstić information content (AvgIpc) is 2.48. The van der Waals surface area contributed by atoms with Gasteiger partial charge in [0.2, 0.25) is 5.91 Å². The molecular formula is C15H10ClF4NOS. The summed E-state index contributed by atoms with van der Waals surface area (Å²) in [6.07, 6.45) is -4.52. The Kier molecular flexibility index (Phi) is 5.54. The number of carbonyl (C=O) groups excluding carboxylic acids is 1. The van der Waals surface area contributed by atoms with Gasteiger partial charge in [0.05, 0.1) is 22.0 Å². The second kappa shape index (κ2) is 7.23. The van der Waals surface area contributed by atoms with Crippen LogP contribution in [0.2, 0.25) is 5.02 Å². The first kappa shape index (κ1) is 17.6. The molecule has 0 saturated carbocycles. The molecule has 8 heteroatoms. The Morgan fingerprint density at radius 3 is 2.39 bits per heavy atom. The number of nitrogens with one attached hydrogen (secondary N) is 1. The minimum absolute atomic E-state index is 0.0122. The number of carbonyl (C=O) groups is 1. The summed E-state index contributed by atoms with van der Waals surface area (Å²) in [7, 11) is 0. The zero-order valence-electron chi connectivity index (χ0n) is 11.5. The number of hydrogen-bond acceptors (Lipinski definition) is 2. The van der Waals surface area contributed by atoms with E-state index in [-0.39, 0.29) is 16.5 Å². The first-order valence-corrected chi connectivity index (χ1v) is 7.67. The van der Waals surface area contributed by atoms with Crippen molar-refractivity contribution in [2.75, 3.05) is 11.1 Å². The van der Waals surface area contributed by atoms with Gasteiger partial charge in [-0.2, -0.15) is 13.2 Å². The maximum absolute atomic E-state index is 12.8. The van der Waals surface area contributed by atoms with Crippen LogP contribution < -0.4 is 5.32 Å². The third kappa shape index (κ3) is 5.14. The van der Waals surface area contributed by atoms with E-state index in [1.54, 1.807) is 0 Å². The van der Waals surface area contributed by atoms with E-state index in [0.717, 1.165) is 30.0 Å². The number of amides is 1. The standard InChI is InChI=1S/C15H10ClF4NOS/c16-12-6-1-9(15(18,19)20)7-13(12)21-14(22)8-23-11-4-2-10(17)3-5-11/h1-7H,8H2,(H,21,22). The third-order valence-electron chi connectivity index (χ3n) is 2.75. The van der Waals surface area contributed by atoms with Crippen LogP contribution in [0.5, 0.6) is 0 Å². The number of anilines is 1. The van der Waals surface area contributed by atoms with Gasteiger partial charge in [-0.05, 0) is 42.5 Å². The van der Waals surface area contributed by atoms with Gasteiger partial charge in [0.15, 0.2) is 0 Å². The molecule has 0 saturated heterocycles. The Bertz CT molecular complexity index is 704. The van der Waals surface area contributed by atoms with E-state index < -0.39 is 23.5 Å². The van der Waals surface area contributed by atoms with Crippen molar-refractivity contribution in [2.45, 2.75) is 11.1 Å². The largest absolute Gasteiger partial charge is 0.416 e. The molecule has 122 valence electrons. The lowest BCUT2D eigenvalue weighted by Crippen LogP contribution is -2.15. The lowest BCUT2D eigenvalue weighted by molar-refractivity contribution is -0.137. The summed E-state index contributed by atoms with van der Waals surface area (Å²) in [6.45, 7) is 0. The first-order valence-electron chi connectivity index (χ1n) is 6.30. The van der Waals surface area contributed by atoms with Gasteiger partial charge in [0, 0.05) is 4.90 Å². The maximum atomic E-state index is 12.8. The Labute approximate surface area is 138 Å². The van der Waals surface area contributed by atoms with Crippen molar-refractivity contribution >= 4 is 35.0 Å². The van der Waals surface area contributed by atoms with Crippen LogP contribution in [0.25, 0.3) is 0 Å². The normalized spacial score (nSPS) is 11.3. The second-order valence-corrected chi connectivity index (χ2v) is 5.94. The number of hydrogen-bond donors (Lipinski definition) is 1. The van der Waals surface area contributed by atoms with Crippen LogP contribution in [0.1, 0.15) is 5.56 Å². The minimum atomic E-state index is -4.52. The second-order valence-electron chi connectivity index (χ2n) is 4.48. The molecule has 2 aromatic carbocycles. The van der Waals surface area contributed by atoms with Crippen molar-refractivity contribution in [3.8, 4) is 0 Å². The van der Waals surface area contributed by atoms with Crippen molar-refractivity contribution in [2.24, 2.45) is 0 Å². The molecule has 2 nitrogen and oxygen atoms in total. The highest BCUT2D eigenvalue weighted by Gasteiger charge is 2.31. The number of benzene rings is 2. The summed E-state index contributed by atoms with van der Waals surface area (Å²) in [5, 5.41) is 2.35. The topological polar surface area (TPSA) is 29.1 Å². The Hall–Kier alpha value is -1.73. The van der Waals surface area contributed by atoms with E-state index in [1.165, 1.54) is 24.3 Å². The summed E-state index contributed by atoms with van der Waals surface area (Å²) in [5.74, 6) is -0.951.